The minimum atomic E-state index is -0.0188. The Labute approximate surface area is 343 Å². The molecule has 0 aliphatic carbocycles. The molecule has 1 aromatic heterocycles. The Hall–Kier alpha value is -3.88. The van der Waals surface area contributed by atoms with Gasteiger partial charge in [-0.3, -0.25) is 0 Å². The molecule has 8 rings (SSSR count). The first kappa shape index (κ1) is 39.0. The van der Waals surface area contributed by atoms with Gasteiger partial charge in [0.2, 0.25) is 0 Å². The van der Waals surface area contributed by atoms with E-state index in [1.54, 1.807) is 5.46 Å². The third-order valence-corrected chi connectivity index (χ3v) is 14.2. The monoisotopic (exact) mass is 754 g/mol. The maximum absolute atomic E-state index is 2.63. The fraction of sp³-hybridized carbons (Fsp3) is 0.407. The van der Waals surface area contributed by atoms with Gasteiger partial charge in [-0.2, -0.15) is 0 Å². The highest BCUT2D eigenvalue weighted by Gasteiger charge is 2.47. The van der Waals surface area contributed by atoms with Crippen molar-refractivity contribution in [1.29, 1.82) is 0 Å². The van der Waals surface area contributed by atoms with Crippen LogP contribution in [0.3, 0.4) is 0 Å². The number of fused-ring (bicyclic) bond motifs is 6. The lowest BCUT2D eigenvalue weighted by Crippen LogP contribution is -2.62. The molecule has 2 aliphatic rings. The Kier molecular flexibility index (Phi) is 8.92. The normalized spacial score (nSPS) is 17.2. The topological polar surface area (TPSA) is 0 Å². The van der Waals surface area contributed by atoms with Crippen LogP contribution in [0.5, 0.6) is 0 Å². The van der Waals surface area contributed by atoms with Crippen LogP contribution in [0.25, 0.3) is 10.1 Å². The van der Waals surface area contributed by atoms with Crippen molar-refractivity contribution in [3.63, 3.8) is 0 Å². The molecule has 2 aliphatic heterocycles. The van der Waals surface area contributed by atoms with Gasteiger partial charge in [-0.15, -0.1) is 11.3 Å². The molecule has 0 fully saturated rings. The van der Waals surface area contributed by atoms with Crippen molar-refractivity contribution in [3.05, 3.63) is 158 Å². The van der Waals surface area contributed by atoms with Gasteiger partial charge in [-0.1, -0.05) is 200 Å². The zero-order valence-electron chi connectivity index (χ0n) is 36.9. The maximum atomic E-state index is 2.63. The second-order valence-electron chi connectivity index (χ2n) is 22.3. The average molecular weight is 755 g/mol. The van der Waals surface area contributed by atoms with Gasteiger partial charge < -0.3 is 0 Å². The highest BCUT2D eigenvalue weighted by atomic mass is 32.1. The van der Waals surface area contributed by atoms with Gasteiger partial charge >= 0.3 is 0 Å². The van der Waals surface area contributed by atoms with Crippen molar-refractivity contribution in [2.24, 2.45) is 0 Å². The molecule has 0 amide bonds. The van der Waals surface area contributed by atoms with Gasteiger partial charge in [0.1, 0.15) is 0 Å². The summed E-state index contributed by atoms with van der Waals surface area (Å²) in [5, 5.41) is 1.43. The molecule has 0 spiro atoms. The average Bonchev–Trinajstić information content (AvgIpc) is 3.48. The molecule has 56 heavy (non-hydrogen) atoms. The van der Waals surface area contributed by atoms with Crippen molar-refractivity contribution in [2.45, 2.75) is 143 Å². The molecule has 2 unspecified atom stereocenters. The Morgan fingerprint density at radius 2 is 0.839 bits per heavy atom. The molecule has 3 heterocycles. The van der Waals surface area contributed by atoms with E-state index in [1.165, 1.54) is 81.5 Å². The minimum Gasteiger partial charge on any atom is -0.149 e. The summed E-state index contributed by atoms with van der Waals surface area (Å²) in [4.78, 5) is 0. The predicted molar refractivity (Wildman–Crippen MR) is 248 cm³/mol. The van der Waals surface area contributed by atoms with E-state index in [1.807, 2.05) is 0 Å². The molecule has 0 saturated heterocycles. The number of hydrogen-bond acceptors (Lipinski definition) is 1. The van der Waals surface area contributed by atoms with Crippen LogP contribution < -0.4 is 15.7 Å². The first-order chi connectivity index (χ1) is 25.9. The molecular weight excluding hydrogens is 691 g/mol. The fourth-order valence-corrected chi connectivity index (χ4v) is 10.8. The maximum Gasteiger partial charge on any atom is 0.255 e. The molecule has 0 N–H and O–H groups in total. The second kappa shape index (κ2) is 12.8. The van der Waals surface area contributed by atoms with Crippen LogP contribution in [0.15, 0.2) is 97.1 Å². The van der Waals surface area contributed by atoms with E-state index in [0.29, 0.717) is 0 Å². The molecule has 0 bridgehead atoms. The van der Waals surface area contributed by atoms with Gasteiger partial charge in [0.05, 0.1) is 0 Å². The van der Waals surface area contributed by atoms with Gasteiger partial charge in [-0.25, -0.2) is 0 Å². The summed E-state index contributed by atoms with van der Waals surface area (Å²) in [5.41, 5.74) is 19.1. The SMILES string of the molecule is CC(C)(C)c1ccc(C2c3ccc(C(C)(C)C)cc3B3c4sc5ccc(C(C)(C)C)cc5c4C(c4ccc(C(C)(C)C)cc4)c4cc(C(C)(C)C)cc2c43)cc1. The van der Waals surface area contributed by atoms with Crippen LogP contribution in [-0.2, 0) is 27.1 Å². The molecule has 2 heteroatoms. The molecule has 0 nitrogen and oxygen atoms in total. The quantitative estimate of drug-likeness (QED) is 0.154. The number of benzene rings is 5. The Bertz CT molecular complexity index is 2470. The summed E-state index contributed by atoms with van der Waals surface area (Å²) in [5.74, 6) is 0.277. The molecule has 5 aromatic carbocycles. The molecule has 2 atom stereocenters. The fourth-order valence-electron chi connectivity index (χ4n) is 9.42. The van der Waals surface area contributed by atoms with Crippen LogP contribution >= 0.6 is 11.3 Å². The molecule has 6 aromatic rings. The molecular formula is C54H63BS. The van der Waals surface area contributed by atoms with E-state index in [9.17, 15) is 0 Å². The largest absolute Gasteiger partial charge is 0.255 e. The second-order valence-corrected chi connectivity index (χ2v) is 23.4. The third kappa shape index (κ3) is 6.53. The summed E-state index contributed by atoms with van der Waals surface area (Å²) in [7, 11) is 0. The van der Waals surface area contributed by atoms with E-state index < -0.39 is 0 Å². The van der Waals surface area contributed by atoms with Crippen LogP contribution in [0.1, 0.15) is 177 Å². The summed E-state index contributed by atoms with van der Waals surface area (Å²) < 4.78 is 2.93. The van der Waals surface area contributed by atoms with Gasteiger partial charge in [0, 0.05) is 16.5 Å². The number of thiophene rings is 1. The number of rotatable bonds is 2. The van der Waals surface area contributed by atoms with E-state index in [4.69, 9.17) is 0 Å². The van der Waals surface area contributed by atoms with E-state index in [-0.39, 0.29) is 45.6 Å². The first-order valence-corrected chi connectivity index (χ1v) is 21.8. The summed E-state index contributed by atoms with van der Waals surface area (Å²) in [6.07, 6.45) is 0. The van der Waals surface area contributed by atoms with Gasteiger partial charge in [0.15, 0.2) is 0 Å². The molecule has 288 valence electrons. The molecule has 0 saturated carbocycles. The van der Waals surface area contributed by atoms with Crippen molar-refractivity contribution in [1.82, 2.24) is 0 Å². The summed E-state index contributed by atoms with van der Waals surface area (Å²) >= 11 is 2.05. The lowest BCUT2D eigenvalue weighted by Gasteiger charge is -2.42. The zero-order valence-corrected chi connectivity index (χ0v) is 37.7. The predicted octanol–water partition coefficient (Wildman–Crippen LogP) is 12.9. The first-order valence-electron chi connectivity index (χ1n) is 21.0. The number of hydrogen-bond donors (Lipinski definition) is 0. The van der Waals surface area contributed by atoms with Crippen molar-refractivity contribution in [3.8, 4) is 0 Å². The van der Waals surface area contributed by atoms with Crippen LogP contribution in [0.2, 0.25) is 0 Å². The van der Waals surface area contributed by atoms with Gasteiger partial charge in [0.25, 0.3) is 6.71 Å². The Morgan fingerprint density at radius 1 is 0.411 bits per heavy atom. The third-order valence-electron chi connectivity index (χ3n) is 13.0. The van der Waals surface area contributed by atoms with E-state index in [2.05, 4.69) is 212 Å². The van der Waals surface area contributed by atoms with Crippen molar-refractivity contribution >= 4 is 43.8 Å². The van der Waals surface area contributed by atoms with Gasteiger partial charge in [-0.05, 0) is 111 Å². The minimum absolute atomic E-state index is 0.0188. The Morgan fingerprint density at radius 3 is 1.34 bits per heavy atom. The van der Waals surface area contributed by atoms with Crippen molar-refractivity contribution in [2.75, 3.05) is 0 Å². The molecule has 0 radical (unpaired) electrons. The highest BCUT2D eigenvalue weighted by Crippen LogP contribution is 2.47. The smallest absolute Gasteiger partial charge is 0.149 e. The summed E-state index contributed by atoms with van der Waals surface area (Å²) in [6, 6.07) is 39.5. The highest BCUT2D eigenvalue weighted by molar-refractivity contribution is 7.32. The van der Waals surface area contributed by atoms with E-state index in [0.717, 1.165) is 0 Å². The van der Waals surface area contributed by atoms with Crippen LogP contribution in [0, 0.1) is 0 Å². The zero-order chi connectivity index (χ0) is 40.5. The lowest BCUT2D eigenvalue weighted by atomic mass is 9.31. The van der Waals surface area contributed by atoms with E-state index >= 15 is 0 Å². The van der Waals surface area contributed by atoms with Crippen LogP contribution in [0.4, 0.5) is 0 Å². The Balaban J connectivity index is 1.52. The standard InChI is InChI=1S/C54H63BS/c1-50(2,3)34-20-16-32(17-21-34)45-39-26-24-37(53(10,11)12)31-43(39)55-48-41(45)29-38(54(13,14)15)30-42(48)46(33-18-22-35(23-19-33)51(4,5)6)47-40-28-36(52(7,8)9)25-27-44(40)56-49(47)55/h16-31,45-46H,1-15H3. The summed E-state index contributed by atoms with van der Waals surface area (Å²) in [6.45, 7) is 35.5. The lowest BCUT2D eigenvalue weighted by molar-refractivity contribution is 0.587. The van der Waals surface area contributed by atoms with Crippen LogP contribution in [-0.4, -0.2) is 6.71 Å². The van der Waals surface area contributed by atoms with Crippen molar-refractivity contribution < 1.29 is 0 Å².